The number of benzene rings is 2. The van der Waals surface area contributed by atoms with Gasteiger partial charge in [-0.1, -0.05) is 55.5 Å². The van der Waals surface area contributed by atoms with Gasteiger partial charge in [-0.15, -0.1) is 0 Å². The van der Waals surface area contributed by atoms with Gasteiger partial charge in [0, 0.05) is 31.0 Å². The largest absolute Gasteiger partial charge is 0.481 e. The number of hydrogen-bond donors (Lipinski definition) is 2. The van der Waals surface area contributed by atoms with Crippen molar-refractivity contribution < 1.29 is 24.2 Å². The van der Waals surface area contributed by atoms with Crippen LogP contribution in [0.3, 0.4) is 0 Å². The lowest BCUT2D eigenvalue weighted by Crippen LogP contribution is -2.38. The molecule has 0 aliphatic heterocycles. The predicted molar refractivity (Wildman–Crippen MR) is 128 cm³/mol. The molecule has 0 aromatic heterocycles. The molecular weight excluding hydrogens is 432 g/mol. The second kappa shape index (κ2) is 10.7. The minimum atomic E-state index is -0.890. The van der Waals surface area contributed by atoms with Gasteiger partial charge in [-0.05, 0) is 47.9 Å². The number of alkyl carbamates (subject to hydrolysis) is 1. The van der Waals surface area contributed by atoms with Crippen LogP contribution in [-0.2, 0) is 14.3 Å². The third kappa shape index (κ3) is 5.58. The Balaban J connectivity index is 1.20. The van der Waals surface area contributed by atoms with Crippen LogP contribution in [0.4, 0.5) is 4.79 Å². The van der Waals surface area contributed by atoms with Crippen LogP contribution in [0.2, 0.25) is 0 Å². The highest BCUT2D eigenvalue weighted by atomic mass is 16.5. The number of rotatable bonds is 11. The van der Waals surface area contributed by atoms with Gasteiger partial charge in [-0.3, -0.25) is 9.59 Å². The van der Waals surface area contributed by atoms with E-state index in [9.17, 15) is 14.4 Å². The molecule has 4 rings (SSSR count). The summed E-state index contributed by atoms with van der Waals surface area (Å²) in [5, 5.41) is 11.7. The van der Waals surface area contributed by atoms with Gasteiger partial charge in [0.2, 0.25) is 5.91 Å². The number of nitrogens with zero attached hydrogens (tertiary/aromatic N) is 1. The topological polar surface area (TPSA) is 95.9 Å². The van der Waals surface area contributed by atoms with Crippen molar-refractivity contribution in [1.29, 1.82) is 0 Å². The second-order valence-electron chi connectivity index (χ2n) is 9.20. The minimum Gasteiger partial charge on any atom is -0.481 e. The molecule has 7 nitrogen and oxygen atoms in total. The van der Waals surface area contributed by atoms with Gasteiger partial charge in [0.05, 0.1) is 6.42 Å². The van der Waals surface area contributed by atoms with Gasteiger partial charge >= 0.3 is 12.1 Å². The van der Waals surface area contributed by atoms with Crippen molar-refractivity contribution in [3.05, 3.63) is 59.7 Å². The van der Waals surface area contributed by atoms with Crippen LogP contribution in [0.15, 0.2) is 48.5 Å². The lowest BCUT2D eigenvalue weighted by Gasteiger charge is -2.25. The maximum Gasteiger partial charge on any atom is 0.407 e. The van der Waals surface area contributed by atoms with E-state index in [-0.39, 0.29) is 43.4 Å². The van der Waals surface area contributed by atoms with Crippen molar-refractivity contribution in [3.63, 3.8) is 0 Å². The average molecular weight is 465 g/mol. The molecule has 2 amide bonds. The molecule has 2 N–H and O–H groups in total. The number of carboxylic acids is 1. The third-order valence-electron chi connectivity index (χ3n) is 6.69. The zero-order valence-corrected chi connectivity index (χ0v) is 19.5. The summed E-state index contributed by atoms with van der Waals surface area (Å²) in [6.07, 6.45) is 2.68. The van der Waals surface area contributed by atoms with Crippen LogP contribution in [0.5, 0.6) is 0 Å². The van der Waals surface area contributed by atoms with Gasteiger partial charge < -0.3 is 20.1 Å². The van der Waals surface area contributed by atoms with E-state index in [1.807, 2.05) is 31.2 Å². The summed E-state index contributed by atoms with van der Waals surface area (Å²) >= 11 is 0. The van der Waals surface area contributed by atoms with Crippen molar-refractivity contribution in [2.45, 2.75) is 51.0 Å². The zero-order chi connectivity index (χ0) is 24.1. The molecule has 7 heteroatoms. The highest BCUT2D eigenvalue weighted by Gasteiger charge is 2.34. The summed E-state index contributed by atoms with van der Waals surface area (Å²) in [6.45, 7) is 2.83. The normalized spacial score (nSPS) is 15.2. The van der Waals surface area contributed by atoms with Gasteiger partial charge in [-0.25, -0.2) is 4.79 Å². The summed E-state index contributed by atoms with van der Waals surface area (Å²) in [5.74, 6) is -1.07. The van der Waals surface area contributed by atoms with E-state index in [1.165, 1.54) is 22.3 Å². The molecule has 2 aliphatic rings. The first-order chi connectivity index (χ1) is 16.5. The van der Waals surface area contributed by atoms with Crippen LogP contribution in [-0.4, -0.2) is 53.7 Å². The van der Waals surface area contributed by atoms with E-state index >= 15 is 0 Å². The van der Waals surface area contributed by atoms with E-state index in [4.69, 9.17) is 9.84 Å². The van der Waals surface area contributed by atoms with Crippen molar-refractivity contribution in [2.24, 2.45) is 5.92 Å². The molecule has 2 aromatic rings. The van der Waals surface area contributed by atoms with Crippen molar-refractivity contribution in [2.75, 3.05) is 19.7 Å². The van der Waals surface area contributed by atoms with Crippen LogP contribution >= 0.6 is 0 Å². The molecule has 34 heavy (non-hydrogen) atoms. The average Bonchev–Trinajstić information content (AvgIpc) is 3.62. The molecule has 1 saturated carbocycles. The maximum absolute atomic E-state index is 12.7. The quantitative estimate of drug-likeness (QED) is 0.481. The van der Waals surface area contributed by atoms with Crippen molar-refractivity contribution in [1.82, 2.24) is 10.2 Å². The maximum atomic E-state index is 12.7. The highest BCUT2D eigenvalue weighted by molar-refractivity contribution is 5.80. The molecule has 0 bridgehead atoms. The van der Waals surface area contributed by atoms with E-state index in [1.54, 1.807) is 4.90 Å². The fourth-order valence-electron chi connectivity index (χ4n) is 4.73. The third-order valence-corrected chi connectivity index (χ3v) is 6.69. The van der Waals surface area contributed by atoms with Gasteiger partial charge in [-0.2, -0.15) is 0 Å². The Hall–Kier alpha value is -3.35. The molecule has 0 spiro atoms. The summed E-state index contributed by atoms with van der Waals surface area (Å²) in [7, 11) is 0. The number of fused-ring (bicyclic) bond motifs is 3. The Morgan fingerprint density at radius 1 is 1.06 bits per heavy atom. The molecule has 1 unspecified atom stereocenters. The fourth-order valence-corrected chi connectivity index (χ4v) is 4.73. The molecule has 1 fully saturated rings. The fraction of sp³-hybridized carbons (Fsp3) is 0.444. The van der Waals surface area contributed by atoms with E-state index in [2.05, 4.69) is 29.6 Å². The Kier molecular flexibility index (Phi) is 7.50. The first kappa shape index (κ1) is 23.8. The SMILES string of the molecule is CC(CCCNC(=O)OCC1c2ccccc2-c2ccccc21)C(=O)N(CCC(=O)O)C1CC1. The van der Waals surface area contributed by atoms with Gasteiger partial charge in [0.1, 0.15) is 6.61 Å². The molecule has 0 heterocycles. The first-order valence-electron chi connectivity index (χ1n) is 12.1. The minimum absolute atomic E-state index is 0.00453. The van der Waals surface area contributed by atoms with Gasteiger partial charge in [0.15, 0.2) is 0 Å². The van der Waals surface area contributed by atoms with Crippen LogP contribution < -0.4 is 5.32 Å². The Morgan fingerprint density at radius 3 is 2.26 bits per heavy atom. The predicted octanol–water partition coefficient (Wildman–Crippen LogP) is 4.41. The summed E-state index contributed by atoms with van der Waals surface area (Å²) in [6, 6.07) is 16.6. The number of carboxylic acid groups (broad SMARTS) is 1. The van der Waals surface area contributed by atoms with Crippen molar-refractivity contribution in [3.8, 4) is 11.1 Å². The van der Waals surface area contributed by atoms with E-state index in [0.29, 0.717) is 19.4 Å². The summed E-state index contributed by atoms with van der Waals surface area (Å²) < 4.78 is 5.55. The molecular formula is C27H32N2O5. The standard InChI is InChI=1S/C27H32N2O5/c1-18(26(32)29(19-12-13-19)16-14-25(30)31)7-6-15-28-27(33)34-17-24-22-10-4-2-8-20(22)21-9-3-5-11-23(21)24/h2-5,8-11,18-19,24H,6-7,12-17H2,1H3,(H,28,33)(H,30,31). The van der Waals surface area contributed by atoms with E-state index in [0.717, 1.165) is 12.8 Å². The molecule has 180 valence electrons. The van der Waals surface area contributed by atoms with Gasteiger partial charge in [0.25, 0.3) is 0 Å². The molecule has 2 aliphatic carbocycles. The number of ether oxygens (including phenoxy) is 1. The number of aliphatic carboxylic acids is 1. The van der Waals surface area contributed by atoms with E-state index < -0.39 is 12.1 Å². The molecule has 0 saturated heterocycles. The van der Waals surface area contributed by atoms with Crippen LogP contribution in [0, 0.1) is 5.92 Å². The zero-order valence-electron chi connectivity index (χ0n) is 19.5. The lowest BCUT2D eigenvalue weighted by molar-refractivity contribution is -0.140. The van der Waals surface area contributed by atoms with Crippen LogP contribution in [0.1, 0.15) is 56.1 Å². The van der Waals surface area contributed by atoms with Crippen molar-refractivity contribution >= 4 is 18.0 Å². The Bertz CT molecular complexity index is 1000. The monoisotopic (exact) mass is 464 g/mol. The molecule has 0 radical (unpaired) electrons. The second-order valence-corrected chi connectivity index (χ2v) is 9.20. The smallest absolute Gasteiger partial charge is 0.407 e. The number of carbonyl (C=O) groups excluding carboxylic acids is 2. The molecule has 2 aromatic carbocycles. The highest BCUT2D eigenvalue weighted by Crippen LogP contribution is 2.44. The Labute approximate surface area is 200 Å². The van der Waals surface area contributed by atoms with Crippen LogP contribution in [0.25, 0.3) is 11.1 Å². The summed E-state index contributed by atoms with van der Waals surface area (Å²) in [4.78, 5) is 37.6. The number of nitrogens with one attached hydrogen (secondary N) is 1. The lowest BCUT2D eigenvalue weighted by atomic mass is 9.98. The summed E-state index contributed by atoms with van der Waals surface area (Å²) in [5.41, 5.74) is 4.72. The number of amides is 2. The number of carbonyl (C=O) groups is 3. The first-order valence-corrected chi connectivity index (χ1v) is 12.1. The Morgan fingerprint density at radius 2 is 1.68 bits per heavy atom. The molecule has 1 atom stereocenters. The number of hydrogen-bond acceptors (Lipinski definition) is 4.